The quantitative estimate of drug-likeness (QED) is 0.792. The Labute approximate surface area is 122 Å². The van der Waals surface area contributed by atoms with E-state index in [0.29, 0.717) is 6.04 Å². The number of nitrogens with one attached hydrogen (secondary N) is 1. The van der Waals surface area contributed by atoms with E-state index in [0.717, 1.165) is 57.2 Å². The van der Waals surface area contributed by atoms with Crippen LogP contribution < -0.4 is 5.32 Å². The van der Waals surface area contributed by atoms with Gasteiger partial charge >= 0.3 is 0 Å². The molecule has 0 spiro atoms. The van der Waals surface area contributed by atoms with Crippen LogP contribution in [0.25, 0.3) is 0 Å². The van der Waals surface area contributed by atoms with Crippen LogP contribution in [-0.4, -0.2) is 40.7 Å². The molecule has 0 amide bonds. The number of hydrogen-bond donors (Lipinski definition) is 1. The van der Waals surface area contributed by atoms with Crippen LogP contribution in [0.2, 0.25) is 0 Å². The Morgan fingerprint density at radius 1 is 1.35 bits per heavy atom. The lowest BCUT2D eigenvalue weighted by atomic mass is 10.1. The van der Waals surface area contributed by atoms with Gasteiger partial charge < -0.3 is 9.84 Å². The van der Waals surface area contributed by atoms with E-state index < -0.39 is 0 Å². The van der Waals surface area contributed by atoms with Crippen LogP contribution >= 0.6 is 0 Å². The van der Waals surface area contributed by atoms with Crippen LogP contribution in [0.3, 0.4) is 0 Å². The van der Waals surface area contributed by atoms with Crippen LogP contribution in [0.15, 0.2) is 4.52 Å². The summed E-state index contributed by atoms with van der Waals surface area (Å²) in [7, 11) is 0. The second-order valence-electron chi connectivity index (χ2n) is 5.68. The molecule has 1 fully saturated rings. The van der Waals surface area contributed by atoms with E-state index >= 15 is 0 Å². The molecule has 20 heavy (non-hydrogen) atoms. The van der Waals surface area contributed by atoms with Gasteiger partial charge in [0.1, 0.15) is 0 Å². The molecule has 0 bridgehead atoms. The smallest absolute Gasteiger partial charge is 0.240 e. The SMILES string of the molecule is CCCCc1noc(CN(CCC)C2CCCNC2)n1. The van der Waals surface area contributed by atoms with Gasteiger partial charge in [0, 0.05) is 19.0 Å². The van der Waals surface area contributed by atoms with Crippen LogP contribution in [-0.2, 0) is 13.0 Å². The molecule has 0 saturated carbocycles. The summed E-state index contributed by atoms with van der Waals surface area (Å²) in [6.07, 6.45) is 6.91. The van der Waals surface area contributed by atoms with E-state index in [-0.39, 0.29) is 0 Å². The number of hydrogen-bond acceptors (Lipinski definition) is 5. The van der Waals surface area contributed by atoms with Crippen molar-refractivity contribution in [3.8, 4) is 0 Å². The zero-order valence-electron chi connectivity index (χ0n) is 12.9. The van der Waals surface area contributed by atoms with Gasteiger partial charge in [-0.2, -0.15) is 4.98 Å². The molecule has 1 aliphatic heterocycles. The highest BCUT2D eigenvalue weighted by Crippen LogP contribution is 2.14. The van der Waals surface area contributed by atoms with Crippen molar-refractivity contribution >= 4 is 0 Å². The van der Waals surface area contributed by atoms with E-state index in [2.05, 4.69) is 34.2 Å². The monoisotopic (exact) mass is 280 g/mol. The molecule has 0 aliphatic carbocycles. The lowest BCUT2D eigenvalue weighted by Gasteiger charge is -2.33. The van der Waals surface area contributed by atoms with Gasteiger partial charge in [-0.15, -0.1) is 0 Å². The Bertz CT molecular complexity index is 374. The zero-order valence-corrected chi connectivity index (χ0v) is 12.9. The summed E-state index contributed by atoms with van der Waals surface area (Å²) < 4.78 is 5.41. The molecule has 0 radical (unpaired) electrons. The first-order valence-corrected chi connectivity index (χ1v) is 8.09. The largest absolute Gasteiger partial charge is 0.338 e. The molecule has 1 aliphatic rings. The Balaban J connectivity index is 1.91. The zero-order chi connectivity index (χ0) is 14.2. The first kappa shape index (κ1) is 15.4. The minimum absolute atomic E-state index is 0.606. The van der Waals surface area contributed by atoms with E-state index in [1.54, 1.807) is 0 Å². The van der Waals surface area contributed by atoms with Crippen molar-refractivity contribution in [1.82, 2.24) is 20.4 Å². The average molecular weight is 280 g/mol. The van der Waals surface area contributed by atoms with Gasteiger partial charge in [-0.05, 0) is 38.8 Å². The molecule has 2 heterocycles. The fraction of sp³-hybridized carbons (Fsp3) is 0.867. The van der Waals surface area contributed by atoms with Crippen molar-refractivity contribution in [1.29, 1.82) is 0 Å². The minimum atomic E-state index is 0.606. The lowest BCUT2D eigenvalue weighted by Crippen LogP contribution is -2.45. The van der Waals surface area contributed by atoms with Crippen LogP contribution in [0.5, 0.6) is 0 Å². The van der Waals surface area contributed by atoms with E-state index in [4.69, 9.17) is 4.52 Å². The predicted molar refractivity (Wildman–Crippen MR) is 79.5 cm³/mol. The molecule has 5 heteroatoms. The number of aryl methyl sites for hydroxylation is 1. The van der Waals surface area contributed by atoms with Crippen LogP contribution in [0, 0.1) is 0 Å². The Morgan fingerprint density at radius 3 is 2.95 bits per heavy atom. The van der Waals surface area contributed by atoms with Crippen molar-refractivity contribution in [2.45, 2.75) is 65.0 Å². The Kier molecular flexibility index (Phi) is 6.47. The van der Waals surface area contributed by atoms with Gasteiger partial charge in [0.25, 0.3) is 0 Å². The minimum Gasteiger partial charge on any atom is -0.338 e. The number of aromatic nitrogens is 2. The van der Waals surface area contributed by atoms with Crippen LogP contribution in [0.1, 0.15) is 57.7 Å². The highest BCUT2D eigenvalue weighted by Gasteiger charge is 2.22. The summed E-state index contributed by atoms with van der Waals surface area (Å²) in [5, 5.41) is 7.57. The lowest BCUT2D eigenvalue weighted by molar-refractivity contribution is 0.140. The molecule has 1 aromatic heterocycles. The first-order valence-electron chi connectivity index (χ1n) is 8.09. The molecular formula is C15H28N4O. The second kappa shape index (κ2) is 8.37. The molecule has 2 rings (SSSR count). The summed E-state index contributed by atoms with van der Waals surface area (Å²) in [5.74, 6) is 1.63. The highest BCUT2D eigenvalue weighted by atomic mass is 16.5. The van der Waals surface area contributed by atoms with Gasteiger partial charge in [-0.25, -0.2) is 0 Å². The molecule has 0 aromatic carbocycles. The number of nitrogens with zero attached hydrogens (tertiary/aromatic N) is 3. The van der Waals surface area contributed by atoms with Crippen LogP contribution in [0.4, 0.5) is 0 Å². The number of rotatable bonds is 8. The summed E-state index contributed by atoms with van der Waals surface area (Å²) in [4.78, 5) is 7.01. The van der Waals surface area contributed by atoms with E-state index in [9.17, 15) is 0 Å². The topological polar surface area (TPSA) is 54.2 Å². The maximum atomic E-state index is 5.41. The van der Waals surface area contributed by atoms with Crippen molar-refractivity contribution < 1.29 is 4.52 Å². The summed E-state index contributed by atoms with van der Waals surface area (Å²) in [5.41, 5.74) is 0. The Morgan fingerprint density at radius 2 is 2.25 bits per heavy atom. The fourth-order valence-electron chi connectivity index (χ4n) is 2.79. The van der Waals surface area contributed by atoms with Gasteiger partial charge in [-0.1, -0.05) is 25.4 Å². The number of piperidine rings is 1. The average Bonchev–Trinajstić information content (AvgIpc) is 2.93. The van der Waals surface area contributed by atoms with E-state index in [1.807, 2.05) is 0 Å². The van der Waals surface area contributed by atoms with Gasteiger partial charge in [0.15, 0.2) is 5.82 Å². The summed E-state index contributed by atoms with van der Waals surface area (Å²) >= 11 is 0. The van der Waals surface area contributed by atoms with Crippen molar-refractivity contribution in [3.63, 3.8) is 0 Å². The van der Waals surface area contributed by atoms with Gasteiger partial charge in [0.2, 0.25) is 5.89 Å². The third kappa shape index (κ3) is 4.56. The highest BCUT2D eigenvalue weighted by molar-refractivity contribution is 4.88. The van der Waals surface area contributed by atoms with Gasteiger partial charge in [0.05, 0.1) is 6.54 Å². The van der Waals surface area contributed by atoms with Gasteiger partial charge in [-0.3, -0.25) is 4.90 Å². The molecule has 1 unspecified atom stereocenters. The standard InChI is InChI=1S/C15H28N4O/c1-3-5-8-14-17-15(20-18-14)12-19(10-4-2)13-7-6-9-16-11-13/h13,16H,3-12H2,1-2H3. The Hall–Kier alpha value is -0.940. The normalized spacial score (nSPS) is 19.6. The maximum absolute atomic E-state index is 5.41. The molecule has 1 N–H and O–H groups in total. The predicted octanol–water partition coefficient (Wildman–Crippen LogP) is 2.38. The van der Waals surface area contributed by atoms with Crippen molar-refractivity contribution in [2.75, 3.05) is 19.6 Å². The molecule has 1 aromatic rings. The first-order chi connectivity index (χ1) is 9.83. The number of unbranched alkanes of at least 4 members (excludes halogenated alkanes) is 1. The fourth-order valence-corrected chi connectivity index (χ4v) is 2.79. The maximum Gasteiger partial charge on any atom is 0.240 e. The molecule has 1 atom stereocenters. The molecule has 5 nitrogen and oxygen atoms in total. The van der Waals surface area contributed by atoms with Crippen molar-refractivity contribution in [2.24, 2.45) is 0 Å². The third-order valence-electron chi connectivity index (χ3n) is 3.90. The third-order valence-corrected chi connectivity index (χ3v) is 3.90. The second-order valence-corrected chi connectivity index (χ2v) is 5.68. The molecular weight excluding hydrogens is 252 g/mol. The van der Waals surface area contributed by atoms with Crippen molar-refractivity contribution in [3.05, 3.63) is 11.7 Å². The summed E-state index contributed by atoms with van der Waals surface area (Å²) in [6.45, 7) is 8.52. The molecule has 114 valence electrons. The molecule has 1 saturated heterocycles. The summed E-state index contributed by atoms with van der Waals surface area (Å²) in [6, 6.07) is 0.606. The van der Waals surface area contributed by atoms with E-state index in [1.165, 1.54) is 19.3 Å².